The van der Waals surface area contributed by atoms with Gasteiger partial charge in [0.25, 0.3) is 17.5 Å². The lowest BCUT2D eigenvalue weighted by atomic mass is 10.1. The highest BCUT2D eigenvalue weighted by atomic mass is 16.6. The van der Waals surface area contributed by atoms with E-state index >= 15 is 0 Å². The molecule has 2 rings (SSSR count). The lowest BCUT2D eigenvalue weighted by molar-refractivity contribution is -0.384. The van der Waals surface area contributed by atoms with Gasteiger partial charge < -0.3 is 10.2 Å². The number of nitro benzene ring substituents is 1. The van der Waals surface area contributed by atoms with E-state index in [9.17, 15) is 19.7 Å². The van der Waals surface area contributed by atoms with Crippen LogP contribution in [0, 0.1) is 22.0 Å². The third-order valence-corrected chi connectivity index (χ3v) is 4.39. The summed E-state index contributed by atoms with van der Waals surface area (Å²) in [6.07, 6.45) is 1.56. The van der Waals surface area contributed by atoms with Crippen molar-refractivity contribution in [1.82, 2.24) is 10.2 Å². The Bertz CT molecular complexity index is 925. The van der Waals surface area contributed by atoms with Crippen molar-refractivity contribution in [2.45, 2.75) is 27.7 Å². The number of nitrogens with one attached hydrogen (secondary N) is 1. The molecule has 7 nitrogen and oxygen atoms in total. The average molecular weight is 424 g/mol. The first kappa shape index (κ1) is 23.8. The van der Waals surface area contributed by atoms with Crippen LogP contribution in [0.1, 0.15) is 43.6 Å². The van der Waals surface area contributed by atoms with Crippen molar-refractivity contribution in [2.75, 3.05) is 13.1 Å². The Labute approximate surface area is 182 Å². The van der Waals surface area contributed by atoms with Gasteiger partial charge in [-0.3, -0.25) is 19.7 Å². The molecule has 0 aromatic heterocycles. The molecule has 164 valence electrons. The van der Waals surface area contributed by atoms with Gasteiger partial charge >= 0.3 is 0 Å². The first-order valence-electron chi connectivity index (χ1n) is 10.3. The molecule has 0 saturated heterocycles. The van der Waals surface area contributed by atoms with Crippen LogP contribution in [-0.2, 0) is 4.79 Å². The summed E-state index contributed by atoms with van der Waals surface area (Å²) in [7, 11) is 0. The van der Waals surface area contributed by atoms with E-state index in [1.807, 2.05) is 33.8 Å². The van der Waals surface area contributed by atoms with Crippen LogP contribution in [0.15, 0.2) is 60.3 Å². The molecule has 2 amide bonds. The number of nitrogens with zero attached hydrogens (tertiary/aromatic N) is 2. The van der Waals surface area contributed by atoms with Gasteiger partial charge in [-0.15, -0.1) is 0 Å². The molecule has 7 heteroatoms. The Morgan fingerprint density at radius 3 is 2.00 bits per heavy atom. The van der Waals surface area contributed by atoms with Crippen LogP contribution in [0.5, 0.6) is 0 Å². The minimum absolute atomic E-state index is 0.0420. The van der Waals surface area contributed by atoms with Crippen molar-refractivity contribution in [2.24, 2.45) is 11.8 Å². The van der Waals surface area contributed by atoms with Crippen LogP contribution in [-0.4, -0.2) is 34.7 Å². The van der Waals surface area contributed by atoms with Gasteiger partial charge in [0.05, 0.1) is 4.92 Å². The molecule has 0 spiro atoms. The number of carbonyl (C=O) groups is 2. The maximum Gasteiger partial charge on any atom is 0.270 e. The number of hydrogen-bond donors (Lipinski definition) is 1. The lowest BCUT2D eigenvalue weighted by Crippen LogP contribution is -2.42. The van der Waals surface area contributed by atoms with Gasteiger partial charge in [0.15, 0.2) is 0 Å². The summed E-state index contributed by atoms with van der Waals surface area (Å²) < 4.78 is 0. The van der Waals surface area contributed by atoms with Crippen LogP contribution < -0.4 is 5.32 Å². The van der Waals surface area contributed by atoms with E-state index in [0.29, 0.717) is 24.2 Å². The monoisotopic (exact) mass is 423 g/mol. The van der Waals surface area contributed by atoms with E-state index in [4.69, 9.17) is 0 Å². The molecular formula is C24H29N3O4. The number of benzene rings is 2. The van der Waals surface area contributed by atoms with Crippen LogP contribution >= 0.6 is 0 Å². The van der Waals surface area contributed by atoms with Crippen molar-refractivity contribution >= 4 is 23.6 Å². The third-order valence-electron chi connectivity index (χ3n) is 4.39. The van der Waals surface area contributed by atoms with Crippen molar-refractivity contribution in [1.29, 1.82) is 0 Å². The molecule has 0 saturated carbocycles. The Hall–Kier alpha value is -3.48. The first-order valence-corrected chi connectivity index (χ1v) is 10.3. The summed E-state index contributed by atoms with van der Waals surface area (Å²) in [6.45, 7) is 9.23. The second-order valence-electron chi connectivity index (χ2n) is 8.22. The van der Waals surface area contributed by atoms with E-state index in [1.54, 1.807) is 47.4 Å². The van der Waals surface area contributed by atoms with Gasteiger partial charge in [-0.05, 0) is 47.7 Å². The van der Waals surface area contributed by atoms with E-state index in [2.05, 4.69) is 5.32 Å². The number of rotatable bonds is 9. The van der Waals surface area contributed by atoms with Crippen LogP contribution in [0.25, 0.3) is 6.08 Å². The van der Waals surface area contributed by atoms with Gasteiger partial charge in [0.2, 0.25) is 0 Å². The Morgan fingerprint density at radius 1 is 0.968 bits per heavy atom. The molecular weight excluding hydrogens is 394 g/mol. The van der Waals surface area contributed by atoms with E-state index < -0.39 is 10.8 Å². The Balaban J connectivity index is 2.40. The number of hydrogen-bond acceptors (Lipinski definition) is 4. The van der Waals surface area contributed by atoms with Crippen molar-refractivity contribution in [3.63, 3.8) is 0 Å². The summed E-state index contributed by atoms with van der Waals surface area (Å²) in [4.78, 5) is 38.3. The topological polar surface area (TPSA) is 92.6 Å². The molecule has 31 heavy (non-hydrogen) atoms. The summed E-state index contributed by atoms with van der Waals surface area (Å²) in [5, 5.41) is 13.7. The number of non-ortho nitro benzene ring substituents is 1. The second kappa shape index (κ2) is 11.1. The molecule has 0 aliphatic carbocycles. The van der Waals surface area contributed by atoms with Gasteiger partial charge in [-0.2, -0.15) is 0 Å². The maximum atomic E-state index is 13.4. The quantitative estimate of drug-likeness (QED) is 0.365. The fraction of sp³-hybridized carbons (Fsp3) is 0.333. The predicted molar refractivity (Wildman–Crippen MR) is 121 cm³/mol. The van der Waals surface area contributed by atoms with Crippen LogP contribution in [0.4, 0.5) is 5.69 Å². The zero-order chi connectivity index (χ0) is 23.0. The number of carbonyl (C=O) groups excluding carboxylic acids is 2. The Kier molecular flexibility index (Phi) is 8.49. The highest BCUT2D eigenvalue weighted by molar-refractivity contribution is 6.05. The van der Waals surface area contributed by atoms with E-state index in [1.165, 1.54) is 12.1 Å². The molecule has 0 heterocycles. The third kappa shape index (κ3) is 7.37. The second-order valence-corrected chi connectivity index (χ2v) is 8.22. The van der Waals surface area contributed by atoms with Crippen molar-refractivity contribution in [3.05, 3.63) is 81.5 Å². The SMILES string of the molecule is CC(C)CN(CC(C)C)C(=O)/C(=C/c1ccc([N+](=O)[O-])cc1)NC(=O)c1ccccc1. The number of nitro groups is 1. The summed E-state index contributed by atoms with van der Waals surface area (Å²) >= 11 is 0. The summed E-state index contributed by atoms with van der Waals surface area (Å²) in [5.41, 5.74) is 1.10. The van der Waals surface area contributed by atoms with Crippen LogP contribution in [0.2, 0.25) is 0 Å². The fourth-order valence-electron chi connectivity index (χ4n) is 3.09. The molecule has 2 aromatic carbocycles. The molecule has 0 unspecified atom stereocenters. The van der Waals surface area contributed by atoms with Crippen molar-refractivity contribution < 1.29 is 14.5 Å². The Morgan fingerprint density at radius 2 is 1.52 bits per heavy atom. The number of amides is 2. The fourth-order valence-corrected chi connectivity index (χ4v) is 3.09. The summed E-state index contributed by atoms with van der Waals surface area (Å²) in [5.74, 6) is -0.164. The van der Waals surface area contributed by atoms with Gasteiger partial charge in [0.1, 0.15) is 5.70 Å². The molecule has 0 atom stereocenters. The molecule has 2 aromatic rings. The van der Waals surface area contributed by atoms with Gasteiger partial charge in [-0.25, -0.2) is 0 Å². The zero-order valence-corrected chi connectivity index (χ0v) is 18.4. The lowest BCUT2D eigenvalue weighted by Gasteiger charge is -2.27. The average Bonchev–Trinajstić information content (AvgIpc) is 2.72. The standard InChI is InChI=1S/C24H29N3O4/c1-17(2)15-26(16-18(3)4)24(29)22(25-23(28)20-8-6-5-7-9-20)14-19-10-12-21(13-11-19)27(30)31/h5-14,17-18H,15-16H2,1-4H3,(H,25,28)/b22-14-. The van der Waals surface area contributed by atoms with Gasteiger partial charge in [-0.1, -0.05) is 45.9 Å². The van der Waals surface area contributed by atoms with Crippen molar-refractivity contribution in [3.8, 4) is 0 Å². The van der Waals surface area contributed by atoms with E-state index in [-0.39, 0.29) is 29.1 Å². The zero-order valence-electron chi connectivity index (χ0n) is 18.4. The molecule has 0 bridgehead atoms. The molecule has 1 N–H and O–H groups in total. The highest BCUT2D eigenvalue weighted by Gasteiger charge is 2.22. The molecule has 0 radical (unpaired) electrons. The van der Waals surface area contributed by atoms with E-state index in [0.717, 1.165) is 0 Å². The normalized spacial score (nSPS) is 11.5. The largest absolute Gasteiger partial charge is 0.337 e. The smallest absolute Gasteiger partial charge is 0.270 e. The molecule has 0 aliphatic heterocycles. The predicted octanol–water partition coefficient (Wildman–Crippen LogP) is 4.51. The maximum absolute atomic E-state index is 13.4. The summed E-state index contributed by atoms with van der Waals surface area (Å²) in [6, 6.07) is 14.5. The highest BCUT2D eigenvalue weighted by Crippen LogP contribution is 2.16. The minimum Gasteiger partial charge on any atom is -0.337 e. The first-order chi connectivity index (χ1) is 14.7. The minimum atomic E-state index is -0.482. The van der Waals surface area contributed by atoms with Crippen LogP contribution in [0.3, 0.4) is 0 Å². The molecule has 0 fully saturated rings. The molecule has 0 aliphatic rings. The van der Waals surface area contributed by atoms with Gasteiger partial charge in [0, 0.05) is 30.8 Å².